The van der Waals surface area contributed by atoms with Crippen molar-refractivity contribution in [2.24, 2.45) is 0 Å². The van der Waals surface area contributed by atoms with E-state index in [1.54, 1.807) is 53.8 Å². The summed E-state index contributed by atoms with van der Waals surface area (Å²) in [6.07, 6.45) is 5.06. The van der Waals surface area contributed by atoms with E-state index in [1.165, 1.54) is 11.3 Å². The second-order valence-electron chi connectivity index (χ2n) is 5.55. The van der Waals surface area contributed by atoms with Gasteiger partial charge in [-0.3, -0.25) is 4.79 Å². The SMILES string of the molecule is O=C(c1ccc(Oc2nccs2)cc1)N1CC(Nc2ncccn2)C1. The zero-order valence-electron chi connectivity index (χ0n) is 13.2. The smallest absolute Gasteiger partial charge is 0.278 e. The van der Waals surface area contributed by atoms with E-state index >= 15 is 0 Å². The van der Waals surface area contributed by atoms with Gasteiger partial charge >= 0.3 is 0 Å². The van der Waals surface area contributed by atoms with Gasteiger partial charge in [0, 0.05) is 42.6 Å². The summed E-state index contributed by atoms with van der Waals surface area (Å²) in [4.78, 5) is 26.6. The summed E-state index contributed by atoms with van der Waals surface area (Å²) in [6.45, 7) is 1.27. The molecule has 4 rings (SSSR count). The Morgan fingerprint density at radius 1 is 1.12 bits per heavy atom. The number of benzene rings is 1. The third-order valence-electron chi connectivity index (χ3n) is 3.78. The van der Waals surface area contributed by atoms with E-state index in [9.17, 15) is 4.79 Å². The van der Waals surface area contributed by atoms with Crippen LogP contribution in [0.4, 0.5) is 5.95 Å². The number of nitrogens with zero attached hydrogens (tertiary/aromatic N) is 4. The Morgan fingerprint density at radius 3 is 2.56 bits per heavy atom. The minimum absolute atomic E-state index is 0.00725. The molecule has 0 spiro atoms. The van der Waals surface area contributed by atoms with Crippen molar-refractivity contribution in [3.8, 4) is 10.9 Å². The van der Waals surface area contributed by atoms with Crippen molar-refractivity contribution in [1.82, 2.24) is 19.9 Å². The molecule has 3 heterocycles. The molecule has 0 saturated carbocycles. The van der Waals surface area contributed by atoms with Gasteiger partial charge in [-0.05, 0) is 30.3 Å². The van der Waals surface area contributed by atoms with E-state index in [2.05, 4.69) is 20.3 Å². The van der Waals surface area contributed by atoms with Crippen molar-refractivity contribution >= 4 is 23.2 Å². The summed E-state index contributed by atoms with van der Waals surface area (Å²) in [5.41, 5.74) is 0.640. The largest absolute Gasteiger partial charge is 0.431 e. The lowest BCUT2D eigenvalue weighted by Gasteiger charge is -2.39. The summed E-state index contributed by atoms with van der Waals surface area (Å²) in [6, 6.07) is 9.05. The van der Waals surface area contributed by atoms with Crippen LogP contribution in [-0.2, 0) is 0 Å². The van der Waals surface area contributed by atoms with Crippen LogP contribution >= 0.6 is 11.3 Å². The lowest BCUT2D eigenvalue weighted by Crippen LogP contribution is -2.57. The molecule has 7 nitrogen and oxygen atoms in total. The molecule has 8 heteroatoms. The molecular formula is C17H15N5O2S. The van der Waals surface area contributed by atoms with Crippen LogP contribution in [0, 0.1) is 0 Å². The summed E-state index contributed by atoms with van der Waals surface area (Å²) in [5, 5.41) is 5.64. The normalized spacial score (nSPS) is 14.0. The van der Waals surface area contributed by atoms with Gasteiger partial charge in [0.2, 0.25) is 5.95 Å². The van der Waals surface area contributed by atoms with Gasteiger partial charge in [0.1, 0.15) is 5.75 Å². The third-order valence-corrected chi connectivity index (χ3v) is 4.43. The van der Waals surface area contributed by atoms with Gasteiger partial charge in [0.25, 0.3) is 11.1 Å². The van der Waals surface area contributed by atoms with Gasteiger partial charge in [0.15, 0.2) is 0 Å². The molecule has 0 radical (unpaired) electrons. The van der Waals surface area contributed by atoms with Crippen LogP contribution in [-0.4, -0.2) is 44.9 Å². The third kappa shape index (κ3) is 3.58. The molecule has 126 valence electrons. The fraction of sp³-hybridized carbons (Fsp3) is 0.176. The minimum atomic E-state index is 0.00725. The molecular weight excluding hydrogens is 338 g/mol. The molecule has 1 aromatic carbocycles. The van der Waals surface area contributed by atoms with Gasteiger partial charge in [-0.15, -0.1) is 0 Å². The first-order chi connectivity index (χ1) is 12.3. The number of aromatic nitrogens is 3. The Labute approximate surface area is 148 Å². The molecule has 2 aromatic heterocycles. The summed E-state index contributed by atoms with van der Waals surface area (Å²) >= 11 is 1.42. The van der Waals surface area contributed by atoms with Crippen molar-refractivity contribution < 1.29 is 9.53 Å². The van der Waals surface area contributed by atoms with Gasteiger partial charge in [-0.1, -0.05) is 11.3 Å². The van der Waals surface area contributed by atoms with Crippen LogP contribution in [0.2, 0.25) is 0 Å². The standard InChI is InChI=1S/C17H15N5O2S/c23-15(22-10-13(11-22)21-16-18-6-1-7-19-16)12-2-4-14(5-3-12)24-17-20-8-9-25-17/h1-9,13H,10-11H2,(H,18,19,21). The van der Waals surface area contributed by atoms with Crippen molar-refractivity contribution in [1.29, 1.82) is 0 Å². The number of anilines is 1. The Kier molecular flexibility index (Phi) is 4.26. The predicted octanol–water partition coefficient (Wildman–Crippen LogP) is 2.66. The molecule has 0 unspecified atom stereocenters. The highest BCUT2D eigenvalue weighted by molar-refractivity contribution is 7.11. The number of thiazole rings is 1. The number of rotatable bonds is 5. The molecule has 0 atom stereocenters. The highest BCUT2D eigenvalue weighted by atomic mass is 32.1. The minimum Gasteiger partial charge on any atom is -0.431 e. The Hall–Kier alpha value is -3.00. The zero-order valence-corrected chi connectivity index (χ0v) is 14.0. The van der Waals surface area contributed by atoms with E-state index in [0.29, 0.717) is 35.5 Å². The fourth-order valence-electron chi connectivity index (χ4n) is 2.50. The van der Waals surface area contributed by atoms with Crippen LogP contribution in [0.15, 0.2) is 54.3 Å². The predicted molar refractivity (Wildman–Crippen MR) is 94.0 cm³/mol. The molecule has 1 aliphatic heterocycles. The van der Waals surface area contributed by atoms with Gasteiger partial charge in [-0.25, -0.2) is 15.0 Å². The van der Waals surface area contributed by atoms with Gasteiger partial charge in [-0.2, -0.15) is 0 Å². The molecule has 25 heavy (non-hydrogen) atoms. The van der Waals surface area contributed by atoms with Crippen molar-refractivity contribution in [2.75, 3.05) is 18.4 Å². The summed E-state index contributed by atoms with van der Waals surface area (Å²) in [7, 11) is 0. The van der Waals surface area contributed by atoms with E-state index in [1.807, 2.05) is 5.38 Å². The lowest BCUT2D eigenvalue weighted by molar-refractivity contribution is 0.0624. The van der Waals surface area contributed by atoms with Crippen LogP contribution < -0.4 is 10.1 Å². The first-order valence-electron chi connectivity index (χ1n) is 7.78. The monoisotopic (exact) mass is 353 g/mol. The number of amides is 1. The van der Waals surface area contributed by atoms with E-state index in [-0.39, 0.29) is 11.9 Å². The van der Waals surface area contributed by atoms with Gasteiger partial charge in [0.05, 0.1) is 6.04 Å². The first kappa shape index (κ1) is 15.5. The number of ether oxygens (including phenoxy) is 1. The molecule has 1 fully saturated rings. The van der Waals surface area contributed by atoms with Gasteiger partial charge < -0.3 is 15.0 Å². The van der Waals surface area contributed by atoms with E-state index < -0.39 is 0 Å². The van der Waals surface area contributed by atoms with Crippen LogP contribution in [0.3, 0.4) is 0 Å². The topological polar surface area (TPSA) is 80.2 Å². The number of nitrogens with one attached hydrogen (secondary N) is 1. The number of carbonyl (C=O) groups excluding carboxylic acids is 1. The fourth-order valence-corrected chi connectivity index (χ4v) is 3.01. The molecule has 1 amide bonds. The Balaban J connectivity index is 1.31. The molecule has 1 N–H and O–H groups in total. The molecule has 1 saturated heterocycles. The molecule has 3 aromatic rings. The first-order valence-corrected chi connectivity index (χ1v) is 8.66. The highest BCUT2D eigenvalue weighted by Crippen LogP contribution is 2.24. The average molecular weight is 353 g/mol. The number of likely N-dealkylation sites (tertiary alicyclic amines) is 1. The maximum Gasteiger partial charge on any atom is 0.278 e. The second kappa shape index (κ2) is 6.86. The van der Waals surface area contributed by atoms with Crippen molar-refractivity contribution in [3.63, 3.8) is 0 Å². The number of hydrogen-bond donors (Lipinski definition) is 1. The molecule has 0 aliphatic carbocycles. The zero-order chi connectivity index (χ0) is 17.1. The summed E-state index contributed by atoms with van der Waals surface area (Å²) in [5.74, 6) is 1.26. The molecule has 1 aliphatic rings. The highest BCUT2D eigenvalue weighted by Gasteiger charge is 2.31. The quantitative estimate of drug-likeness (QED) is 0.760. The second-order valence-corrected chi connectivity index (χ2v) is 6.41. The summed E-state index contributed by atoms with van der Waals surface area (Å²) < 4.78 is 5.60. The van der Waals surface area contributed by atoms with Crippen molar-refractivity contribution in [3.05, 3.63) is 59.9 Å². The maximum atomic E-state index is 12.5. The van der Waals surface area contributed by atoms with E-state index in [4.69, 9.17) is 4.74 Å². The maximum absolute atomic E-state index is 12.5. The van der Waals surface area contributed by atoms with E-state index in [0.717, 1.165) is 0 Å². The lowest BCUT2D eigenvalue weighted by atomic mass is 10.1. The van der Waals surface area contributed by atoms with Crippen LogP contribution in [0.5, 0.6) is 10.9 Å². The number of hydrogen-bond acceptors (Lipinski definition) is 7. The average Bonchev–Trinajstić information content (AvgIpc) is 3.12. The molecule has 0 bridgehead atoms. The van der Waals surface area contributed by atoms with Crippen molar-refractivity contribution in [2.45, 2.75) is 6.04 Å². The number of carbonyl (C=O) groups is 1. The Morgan fingerprint density at radius 2 is 1.88 bits per heavy atom. The van der Waals surface area contributed by atoms with Crippen LogP contribution in [0.1, 0.15) is 10.4 Å². The Bertz CT molecular complexity index is 833. The van der Waals surface area contributed by atoms with Crippen LogP contribution in [0.25, 0.3) is 0 Å².